The molecule has 2 aromatic rings. The smallest absolute Gasteiger partial charge is 0.416 e. The molecular weight excluding hydrogens is 305 g/mol. The second-order valence-electron chi connectivity index (χ2n) is 3.81. The number of nitrogens with zero attached hydrogens (tertiary/aromatic N) is 3. The Labute approximate surface area is 123 Å². The van der Waals surface area contributed by atoms with E-state index in [2.05, 4.69) is 20.3 Å². The number of nitrogens with one attached hydrogen (secondary N) is 1. The van der Waals surface area contributed by atoms with Crippen LogP contribution in [0.15, 0.2) is 29.4 Å². The summed E-state index contributed by atoms with van der Waals surface area (Å²) in [6.45, 7) is 0. The van der Waals surface area contributed by atoms with Gasteiger partial charge >= 0.3 is 12.2 Å². The van der Waals surface area contributed by atoms with Crippen LogP contribution in [0.3, 0.4) is 0 Å². The average Bonchev–Trinajstić information content (AvgIpc) is 2.46. The molecule has 2 rings (SSSR count). The van der Waals surface area contributed by atoms with Crippen molar-refractivity contribution in [2.75, 3.05) is 18.6 Å². The van der Waals surface area contributed by atoms with Crippen LogP contribution < -0.4 is 10.1 Å². The summed E-state index contributed by atoms with van der Waals surface area (Å²) >= 11 is 1.27. The predicted molar refractivity (Wildman–Crippen MR) is 72.7 cm³/mol. The van der Waals surface area contributed by atoms with Crippen molar-refractivity contribution in [1.29, 1.82) is 0 Å². The molecule has 21 heavy (non-hydrogen) atoms. The van der Waals surface area contributed by atoms with E-state index in [0.717, 1.165) is 12.1 Å². The van der Waals surface area contributed by atoms with E-state index in [1.165, 1.54) is 23.9 Å². The molecular formula is C12H11F3N4OS. The van der Waals surface area contributed by atoms with Gasteiger partial charge < -0.3 is 10.1 Å². The highest BCUT2D eigenvalue weighted by molar-refractivity contribution is 7.98. The molecule has 1 aromatic carbocycles. The lowest BCUT2D eigenvalue weighted by Crippen LogP contribution is -2.05. The highest BCUT2D eigenvalue weighted by Gasteiger charge is 2.30. The van der Waals surface area contributed by atoms with E-state index >= 15 is 0 Å². The Balaban J connectivity index is 2.30. The van der Waals surface area contributed by atoms with Crippen molar-refractivity contribution in [2.24, 2.45) is 0 Å². The molecule has 1 aromatic heterocycles. The van der Waals surface area contributed by atoms with Gasteiger partial charge in [0.05, 0.1) is 5.56 Å². The fraction of sp³-hybridized carbons (Fsp3) is 0.250. The van der Waals surface area contributed by atoms with Crippen molar-refractivity contribution >= 4 is 17.7 Å². The lowest BCUT2D eigenvalue weighted by atomic mass is 10.2. The first-order chi connectivity index (χ1) is 9.92. The third kappa shape index (κ3) is 3.97. The summed E-state index contributed by atoms with van der Waals surface area (Å²) in [4.78, 5) is 12.0. The molecule has 0 fully saturated rings. The third-order valence-electron chi connectivity index (χ3n) is 2.37. The first-order valence-electron chi connectivity index (χ1n) is 5.75. The molecule has 0 bridgehead atoms. The summed E-state index contributed by atoms with van der Waals surface area (Å²) in [6.07, 6.45) is -2.66. The maximum atomic E-state index is 12.6. The molecule has 0 unspecified atom stereocenters. The van der Waals surface area contributed by atoms with Gasteiger partial charge in [0.2, 0.25) is 5.95 Å². The van der Waals surface area contributed by atoms with Crippen LogP contribution in [0.5, 0.6) is 11.8 Å². The van der Waals surface area contributed by atoms with Crippen molar-refractivity contribution in [1.82, 2.24) is 15.0 Å². The number of anilines is 1. The van der Waals surface area contributed by atoms with E-state index in [4.69, 9.17) is 4.74 Å². The van der Waals surface area contributed by atoms with E-state index < -0.39 is 11.7 Å². The molecule has 112 valence electrons. The van der Waals surface area contributed by atoms with E-state index in [1.54, 1.807) is 13.3 Å². The lowest BCUT2D eigenvalue weighted by molar-refractivity contribution is -0.137. The molecule has 0 saturated carbocycles. The molecule has 0 saturated heterocycles. The number of ether oxygens (including phenoxy) is 1. The van der Waals surface area contributed by atoms with Gasteiger partial charge in [0, 0.05) is 7.05 Å². The fourth-order valence-corrected chi connectivity index (χ4v) is 1.78. The van der Waals surface area contributed by atoms with Crippen molar-refractivity contribution in [3.63, 3.8) is 0 Å². The van der Waals surface area contributed by atoms with Gasteiger partial charge in [-0.15, -0.1) is 0 Å². The van der Waals surface area contributed by atoms with Crippen LogP contribution in [0.2, 0.25) is 0 Å². The van der Waals surface area contributed by atoms with Crippen molar-refractivity contribution in [3.8, 4) is 11.8 Å². The summed E-state index contributed by atoms with van der Waals surface area (Å²) < 4.78 is 43.2. The summed E-state index contributed by atoms with van der Waals surface area (Å²) in [7, 11) is 1.62. The van der Waals surface area contributed by atoms with Crippen molar-refractivity contribution in [2.45, 2.75) is 11.3 Å². The van der Waals surface area contributed by atoms with Gasteiger partial charge in [-0.2, -0.15) is 28.1 Å². The molecule has 0 aliphatic carbocycles. The second kappa shape index (κ2) is 6.17. The van der Waals surface area contributed by atoms with Crippen LogP contribution in [0.4, 0.5) is 19.1 Å². The minimum absolute atomic E-state index is 0.00475. The minimum atomic E-state index is -4.43. The predicted octanol–water partition coefficient (Wildman–Crippen LogP) is 3.45. The Morgan fingerprint density at radius 1 is 1.19 bits per heavy atom. The molecule has 0 amide bonds. The number of hydrogen-bond donors (Lipinski definition) is 1. The number of thioether (sulfide) groups is 1. The minimum Gasteiger partial charge on any atom is -0.424 e. The van der Waals surface area contributed by atoms with E-state index in [9.17, 15) is 13.2 Å². The zero-order chi connectivity index (χ0) is 15.5. The number of rotatable bonds is 4. The molecule has 9 heteroatoms. The molecule has 0 aliphatic rings. The summed E-state index contributed by atoms with van der Waals surface area (Å²) in [6, 6.07) is 4.44. The standard InChI is InChI=1S/C12H11F3N4OS/c1-16-9-17-10(19-11(18-9)21-2)20-8-5-3-4-7(6-8)12(13,14)15/h3-6H,1-2H3,(H,16,17,18,19). The maximum absolute atomic E-state index is 12.6. The van der Waals surface area contributed by atoms with Crippen molar-refractivity contribution < 1.29 is 17.9 Å². The number of aromatic nitrogens is 3. The molecule has 1 heterocycles. The summed E-state index contributed by atoms with van der Waals surface area (Å²) in [5.41, 5.74) is -0.798. The van der Waals surface area contributed by atoms with Gasteiger partial charge in [-0.3, -0.25) is 0 Å². The van der Waals surface area contributed by atoms with E-state index in [-0.39, 0.29) is 17.7 Å². The lowest BCUT2D eigenvalue weighted by Gasteiger charge is -2.09. The molecule has 5 nitrogen and oxygen atoms in total. The van der Waals surface area contributed by atoms with E-state index in [1.807, 2.05) is 0 Å². The quantitative estimate of drug-likeness (QED) is 0.872. The van der Waals surface area contributed by atoms with Crippen LogP contribution >= 0.6 is 11.8 Å². The normalized spacial score (nSPS) is 11.3. The number of benzene rings is 1. The Morgan fingerprint density at radius 2 is 1.95 bits per heavy atom. The van der Waals surface area contributed by atoms with Gasteiger partial charge in [0.1, 0.15) is 5.75 Å². The first-order valence-corrected chi connectivity index (χ1v) is 6.98. The molecule has 0 aliphatic heterocycles. The van der Waals surface area contributed by atoms with Crippen LogP contribution in [0.25, 0.3) is 0 Å². The van der Waals surface area contributed by atoms with Crippen LogP contribution in [-0.2, 0) is 6.18 Å². The number of alkyl halides is 3. The van der Waals surface area contributed by atoms with Gasteiger partial charge in [-0.1, -0.05) is 17.8 Å². The zero-order valence-corrected chi connectivity index (χ0v) is 11.9. The Kier molecular flexibility index (Phi) is 4.51. The van der Waals surface area contributed by atoms with Crippen LogP contribution in [-0.4, -0.2) is 28.3 Å². The molecule has 0 radical (unpaired) electrons. The zero-order valence-electron chi connectivity index (χ0n) is 11.1. The highest BCUT2D eigenvalue weighted by Crippen LogP contribution is 2.32. The van der Waals surface area contributed by atoms with Gasteiger partial charge in [-0.05, 0) is 24.5 Å². The third-order valence-corrected chi connectivity index (χ3v) is 2.92. The van der Waals surface area contributed by atoms with E-state index in [0.29, 0.717) is 5.16 Å². The van der Waals surface area contributed by atoms with Gasteiger partial charge in [0.25, 0.3) is 0 Å². The summed E-state index contributed by atoms with van der Waals surface area (Å²) in [5.74, 6) is 0.279. The fourth-order valence-electron chi connectivity index (χ4n) is 1.43. The Bertz CT molecular complexity index is 614. The molecule has 1 N–H and O–H groups in total. The monoisotopic (exact) mass is 316 g/mol. The largest absolute Gasteiger partial charge is 0.424 e. The van der Waals surface area contributed by atoms with Crippen LogP contribution in [0, 0.1) is 0 Å². The van der Waals surface area contributed by atoms with Gasteiger partial charge in [-0.25, -0.2) is 0 Å². The molecule has 0 atom stereocenters. The second-order valence-corrected chi connectivity index (χ2v) is 4.58. The topological polar surface area (TPSA) is 59.9 Å². The Hall–Kier alpha value is -2.03. The average molecular weight is 316 g/mol. The SMILES string of the molecule is CNc1nc(Oc2cccc(C(F)(F)F)c2)nc(SC)n1. The van der Waals surface area contributed by atoms with Gasteiger partial charge in [0.15, 0.2) is 5.16 Å². The van der Waals surface area contributed by atoms with Crippen LogP contribution in [0.1, 0.15) is 5.56 Å². The molecule has 0 spiro atoms. The number of hydrogen-bond acceptors (Lipinski definition) is 6. The highest BCUT2D eigenvalue weighted by atomic mass is 32.2. The maximum Gasteiger partial charge on any atom is 0.416 e. The summed E-state index contributed by atoms with van der Waals surface area (Å²) in [5, 5.41) is 3.13. The first kappa shape index (κ1) is 15.4. The van der Waals surface area contributed by atoms with Crippen molar-refractivity contribution in [3.05, 3.63) is 29.8 Å². The number of halogens is 3. The Morgan fingerprint density at radius 3 is 2.57 bits per heavy atom.